The first-order chi connectivity index (χ1) is 56.7. The molecule has 0 unspecified atom stereocenters. The molecule has 0 atom stereocenters. The topological polar surface area (TPSA) is 11.4 Å². The number of thiophene rings is 1. The fourth-order valence-corrected chi connectivity index (χ4v) is 25.8. The van der Waals surface area contributed by atoms with Crippen molar-refractivity contribution in [3.05, 3.63) is 375 Å². The number of nitrogens with zero attached hydrogens (tertiary/aromatic N) is 3. The minimum Gasteiger partial charge on any atom is -0.310 e. The Morgan fingerprint density at radius 1 is 0.342 bits per heavy atom. The van der Waals surface area contributed by atoms with Gasteiger partial charge in [-0.15, -0.1) is 11.3 Å². The van der Waals surface area contributed by atoms with E-state index in [0.717, 1.165) is 153 Å². The molecule has 0 saturated carbocycles. The van der Waals surface area contributed by atoms with Crippen molar-refractivity contribution in [1.29, 1.82) is 0 Å². The Balaban J connectivity index is 1.00. The van der Waals surface area contributed by atoms with Crippen LogP contribution in [0.4, 0.5) is 34.1 Å². The molecule has 0 aliphatic carbocycles. The largest absolute Gasteiger partial charge is 0.310 e. The van der Waals surface area contributed by atoms with Crippen LogP contribution < -0.4 is 46.2 Å². The lowest BCUT2D eigenvalue weighted by Gasteiger charge is -2.46. The Bertz CT molecular complexity index is 6980. The van der Waals surface area contributed by atoms with Crippen LogP contribution in [-0.2, 0) is 16.2 Å². The second-order valence-electron chi connectivity index (χ2n) is 34.4. The van der Waals surface area contributed by atoms with Crippen molar-refractivity contribution in [3.8, 4) is 50.2 Å². The highest BCUT2D eigenvalue weighted by molar-refractivity contribution is 7.36. The van der Waals surface area contributed by atoms with Gasteiger partial charge >= 0.3 is 0 Å². The molecule has 0 N–H and O–H groups in total. The Hall–Kier alpha value is -12.6. The number of rotatable bonds is 11. The zero-order valence-electron chi connectivity index (χ0n) is 68.7. The summed E-state index contributed by atoms with van der Waals surface area (Å²) in [5, 5.41) is 15.0. The lowest BCUT2D eigenvalue weighted by Crippen LogP contribution is -2.74. The number of para-hydroxylation sites is 1. The fourth-order valence-electron chi connectivity index (χ4n) is 19.1. The molecule has 0 spiro atoms. The third-order valence-corrected chi connectivity index (χ3v) is 30.9. The Morgan fingerprint density at radius 2 is 0.763 bits per heavy atom. The number of benzene rings is 17. The van der Waals surface area contributed by atoms with E-state index in [4.69, 9.17) is 0 Å². The molecule has 2 aliphatic rings. The van der Waals surface area contributed by atoms with Crippen LogP contribution in [0, 0.1) is 0 Å². The van der Waals surface area contributed by atoms with Gasteiger partial charge in [0.05, 0.1) is 32.2 Å². The number of fused-ring (bicyclic) bond motifs is 10. The first-order valence-electron chi connectivity index (χ1n) is 41.6. The molecule has 6 heteroatoms. The number of hydrogen-bond donors (Lipinski definition) is 0. The molecule has 3 nitrogen and oxygen atoms in total. The van der Waals surface area contributed by atoms with Crippen molar-refractivity contribution >= 4 is 161 Å². The van der Waals surface area contributed by atoms with Crippen LogP contribution in [0.15, 0.2) is 358 Å². The normalized spacial score (nSPS) is 13.4. The standard InChI is InChI=1S/C108H86BN3SSi/c1-106(2,3)76-62-86(69-35-17-10-18-36-69)101(87(63-76)70-37-19-11-20-38-70)111-93-68-79(110-92-53-32-31-51-83(92)90-61-75-56-55-73-43-33-44-74-57-59-84(100(90)110)98(75)97(73)74)58-60-91(93)109-99-94(111)66-78(108(7,8)9)67-95(99)112(102-88(71-39-21-12-22-40-71)64-77(107(4,5)6)65-89(102)72-41-23-13-24-42-72)103-85-52-34-54-96(104(85)113-105(103)109)114(80-45-25-14-26-46-80,81-47-27-15-28-48-81)82-49-29-16-30-50-82/h10-68H,1-9H3/i58D,60D,68D. The molecule has 0 bridgehead atoms. The summed E-state index contributed by atoms with van der Waals surface area (Å²) in [6.45, 7) is 20.2. The SMILES string of the molecule is [2H]c1c([2H])c(-n2c3ccccc3c3cc4ccc5cccc6ccc(c4c56)c32)c([2H])c2c1B1c3sc4c([Si](c5ccccc5)(c5ccccc5)c5ccccc5)cccc4c3N(c3c(-c4ccccc4)cc(C(C)(C)C)cc3-c3ccccc3)c3cc(C(C)(C)C)cc(c31)N2c1c(-c2ccccc2)cc(C(C)(C)C)cc1-c1ccccc1. The Kier molecular flexibility index (Phi) is 15.2. The van der Waals surface area contributed by atoms with Crippen LogP contribution in [0.5, 0.6) is 0 Å². The van der Waals surface area contributed by atoms with E-state index in [9.17, 15) is 4.11 Å². The molecular formula is C108H86BN3SSi. The molecule has 0 saturated heterocycles. The predicted molar refractivity (Wildman–Crippen MR) is 495 cm³/mol. The zero-order valence-corrected chi connectivity index (χ0v) is 67.5. The molecule has 21 rings (SSSR count). The van der Waals surface area contributed by atoms with Crippen molar-refractivity contribution in [3.63, 3.8) is 0 Å². The average Bonchev–Trinajstić information content (AvgIpc) is 1.65. The van der Waals surface area contributed by atoms with E-state index in [1.165, 1.54) is 31.7 Å². The molecule has 0 radical (unpaired) electrons. The van der Waals surface area contributed by atoms with E-state index in [-0.39, 0.29) is 29.0 Å². The van der Waals surface area contributed by atoms with Gasteiger partial charge in [0.1, 0.15) is 0 Å². The maximum Gasteiger partial charge on any atom is 0.264 e. The Labute approximate surface area is 678 Å². The van der Waals surface area contributed by atoms with Gasteiger partial charge < -0.3 is 14.4 Å². The van der Waals surface area contributed by atoms with Crippen LogP contribution in [-0.4, -0.2) is 19.4 Å². The van der Waals surface area contributed by atoms with Gasteiger partial charge in [-0.05, 0) is 174 Å². The fraction of sp³-hybridized carbons (Fsp3) is 0.111. The summed E-state index contributed by atoms with van der Waals surface area (Å²) in [6, 6.07) is 126. The van der Waals surface area contributed by atoms with E-state index in [2.05, 4.69) is 416 Å². The summed E-state index contributed by atoms with van der Waals surface area (Å²) in [6.07, 6.45) is 0. The van der Waals surface area contributed by atoms with Crippen molar-refractivity contribution < 1.29 is 4.11 Å². The highest BCUT2D eigenvalue weighted by Crippen LogP contribution is 2.57. The lowest BCUT2D eigenvalue weighted by molar-refractivity contribution is 0.590. The van der Waals surface area contributed by atoms with Crippen molar-refractivity contribution in [2.45, 2.75) is 78.6 Å². The zero-order chi connectivity index (χ0) is 79.7. The molecule has 114 heavy (non-hydrogen) atoms. The lowest BCUT2D eigenvalue weighted by atomic mass is 9.36. The summed E-state index contributed by atoms with van der Waals surface area (Å²) >= 11 is 1.85. The number of anilines is 6. The van der Waals surface area contributed by atoms with Gasteiger partial charge in [0, 0.05) is 76.0 Å². The monoisotopic (exact) mass is 1500 g/mol. The summed E-state index contributed by atoms with van der Waals surface area (Å²) in [4.78, 5) is 5.16. The van der Waals surface area contributed by atoms with E-state index in [0.29, 0.717) is 16.8 Å². The minimum absolute atomic E-state index is 0.0112. The van der Waals surface area contributed by atoms with Crippen molar-refractivity contribution in [2.75, 3.05) is 9.80 Å². The number of hydrogen-bond acceptors (Lipinski definition) is 3. The molecule has 546 valence electrons. The van der Waals surface area contributed by atoms with Crippen LogP contribution in [0.2, 0.25) is 0 Å². The first kappa shape index (κ1) is 66.1. The first-order valence-corrected chi connectivity index (χ1v) is 42.9. The van der Waals surface area contributed by atoms with Gasteiger partial charge in [-0.3, -0.25) is 0 Å². The molecule has 0 fully saturated rings. The van der Waals surface area contributed by atoms with Gasteiger partial charge in [-0.1, -0.05) is 360 Å². The molecule has 19 aromatic rings. The van der Waals surface area contributed by atoms with Crippen molar-refractivity contribution in [2.24, 2.45) is 0 Å². The van der Waals surface area contributed by atoms with Crippen LogP contribution in [0.1, 0.15) is 83.1 Å². The quantitative estimate of drug-likeness (QED) is 0.0726. The van der Waals surface area contributed by atoms with Crippen LogP contribution in [0.25, 0.3) is 114 Å². The van der Waals surface area contributed by atoms with Gasteiger partial charge in [0.25, 0.3) is 6.71 Å². The van der Waals surface area contributed by atoms with Crippen molar-refractivity contribution in [1.82, 2.24) is 4.57 Å². The average molecular weight is 1500 g/mol. The third kappa shape index (κ3) is 10.7. The summed E-state index contributed by atoms with van der Waals surface area (Å²) in [5.74, 6) is 0. The van der Waals surface area contributed by atoms with Crippen LogP contribution in [0.3, 0.4) is 0 Å². The molecule has 17 aromatic carbocycles. The van der Waals surface area contributed by atoms with Gasteiger partial charge in [-0.2, -0.15) is 0 Å². The predicted octanol–water partition coefficient (Wildman–Crippen LogP) is 24.9. The minimum atomic E-state index is -3.37. The summed E-state index contributed by atoms with van der Waals surface area (Å²) in [5.41, 5.74) is 19.9. The van der Waals surface area contributed by atoms with Gasteiger partial charge in [-0.25, -0.2) is 0 Å². The molecule has 2 aromatic heterocycles. The molecule has 2 aliphatic heterocycles. The van der Waals surface area contributed by atoms with E-state index in [1.54, 1.807) is 0 Å². The maximum atomic E-state index is 12.2. The highest BCUT2D eigenvalue weighted by Gasteiger charge is 2.50. The van der Waals surface area contributed by atoms with E-state index < -0.39 is 20.2 Å². The molecule has 0 amide bonds. The Morgan fingerprint density at radius 3 is 1.26 bits per heavy atom. The van der Waals surface area contributed by atoms with Crippen LogP contribution >= 0.6 is 11.3 Å². The van der Waals surface area contributed by atoms with Gasteiger partial charge in [0.2, 0.25) is 0 Å². The molecular weight excluding hydrogens is 1410 g/mol. The van der Waals surface area contributed by atoms with Gasteiger partial charge in [0.15, 0.2) is 8.07 Å². The number of aromatic nitrogens is 1. The van der Waals surface area contributed by atoms with E-state index >= 15 is 0 Å². The highest BCUT2D eigenvalue weighted by atomic mass is 32.1. The summed E-state index contributed by atoms with van der Waals surface area (Å²) in [7, 11) is -3.37. The maximum absolute atomic E-state index is 12.2. The second-order valence-corrected chi connectivity index (χ2v) is 39.2. The van der Waals surface area contributed by atoms with E-state index in [1.807, 2.05) is 11.3 Å². The third-order valence-electron chi connectivity index (χ3n) is 24.6. The molecule has 4 heterocycles. The summed E-state index contributed by atoms with van der Waals surface area (Å²) < 4.78 is 40.1. The second kappa shape index (κ2) is 26.3. The smallest absolute Gasteiger partial charge is 0.264 e.